The SMILES string of the molecule is CC(/C=C/C=C/C(=O)NC1CC(C(=O)OF)CC1O)=C\C=C\C=C(/Cl)C(C)C(O)C(O)C(O)CC(O)/C=C/C=C/C(C)C. The zero-order valence-electron chi connectivity index (χ0n) is 25.0. The van der Waals surface area contributed by atoms with Crippen molar-refractivity contribution in [1.82, 2.24) is 5.32 Å². The zero-order valence-corrected chi connectivity index (χ0v) is 25.7. The van der Waals surface area contributed by atoms with Crippen LogP contribution in [0, 0.1) is 17.8 Å². The molecule has 43 heavy (non-hydrogen) atoms. The van der Waals surface area contributed by atoms with E-state index in [4.69, 9.17) is 11.6 Å². The minimum absolute atomic E-state index is 0.0139. The van der Waals surface area contributed by atoms with E-state index in [0.717, 1.165) is 5.57 Å². The lowest BCUT2D eigenvalue weighted by Crippen LogP contribution is -2.42. The average Bonchev–Trinajstić information content (AvgIpc) is 3.33. The quantitative estimate of drug-likeness (QED) is 0.112. The molecular formula is C32H45ClFNO8. The van der Waals surface area contributed by atoms with Crippen molar-refractivity contribution in [2.24, 2.45) is 17.8 Å². The first-order valence-corrected chi connectivity index (χ1v) is 14.6. The number of halogens is 2. The lowest BCUT2D eigenvalue weighted by atomic mass is 9.93. The van der Waals surface area contributed by atoms with E-state index in [2.05, 4.69) is 10.3 Å². The topological polar surface area (TPSA) is 157 Å². The van der Waals surface area contributed by atoms with Crippen LogP contribution in [-0.2, 0) is 14.5 Å². The minimum Gasteiger partial charge on any atom is -0.391 e. The summed E-state index contributed by atoms with van der Waals surface area (Å²) in [6.07, 6.45) is 13.5. The minimum atomic E-state index is -1.52. The number of aliphatic hydroxyl groups excluding tert-OH is 5. The number of nitrogens with one attached hydrogen (secondary N) is 1. The molecule has 1 aliphatic rings. The molecule has 1 aliphatic carbocycles. The summed E-state index contributed by atoms with van der Waals surface area (Å²) in [6.45, 7) is 7.47. The number of rotatable bonds is 16. The van der Waals surface area contributed by atoms with Crippen molar-refractivity contribution in [2.75, 3.05) is 0 Å². The molecule has 0 heterocycles. The molecule has 0 aromatic carbocycles. The predicted molar refractivity (Wildman–Crippen MR) is 164 cm³/mol. The number of carbonyl (C=O) groups excluding carboxylic acids is 2. The van der Waals surface area contributed by atoms with E-state index >= 15 is 0 Å². The standard InChI is InChI=1S/C32H45ClFNO8/c1-20(2)11-5-8-14-24(36)19-28(38)31(41)30(40)22(4)25(33)15-9-6-12-21(3)13-7-10-16-29(39)35-26-17-23(18-27(26)37)32(42)43-34/h5-16,20,22-24,26-28,30-31,36-38,40-41H,17-19H2,1-4H3,(H,35,39)/b9-6+,11-5+,13-7+,14-8+,16-10+,21-12+,25-15-. The van der Waals surface area contributed by atoms with Gasteiger partial charge in [-0.3, -0.25) is 9.74 Å². The van der Waals surface area contributed by atoms with E-state index in [1.807, 2.05) is 26.8 Å². The fourth-order valence-corrected chi connectivity index (χ4v) is 4.40. The highest BCUT2D eigenvalue weighted by Crippen LogP contribution is 2.27. The van der Waals surface area contributed by atoms with Gasteiger partial charge in [-0.05, 0) is 31.8 Å². The van der Waals surface area contributed by atoms with Gasteiger partial charge in [-0.15, -0.1) is 0 Å². The van der Waals surface area contributed by atoms with Crippen molar-refractivity contribution in [2.45, 2.75) is 83.5 Å². The molecule has 8 atom stereocenters. The van der Waals surface area contributed by atoms with Crippen molar-refractivity contribution >= 4 is 23.5 Å². The third-order valence-corrected chi connectivity index (χ3v) is 7.29. The Morgan fingerprint density at radius 1 is 0.930 bits per heavy atom. The smallest absolute Gasteiger partial charge is 0.352 e. The molecule has 0 aliphatic heterocycles. The van der Waals surface area contributed by atoms with Gasteiger partial charge in [0.15, 0.2) is 0 Å². The van der Waals surface area contributed by atoms with E-state index in [-0.39, 0.29) is 24.3 Å². The highest BCUT2D eigenvalue weighted by molar-refractivity contribution is 6.30. The molecule has 8 unspecified atom stereocenters. The lowest BCUT2D eigenvalue weighted by molar-refractivity contribution is -0.189. The number of hydrogen-bond donors (Lipinski definition) is 6. The summed E-state index contributed by atoms with van der Waals surface area (Å²) in [6, 6.07) is -0.675. The summed E-state index contributed by atoms with van der Waals surface area (Å²) in [5, 5.41) is 53.9. The lowest BCUT2D eigenvalue weighted by Gasteiger charge is -2.27. The molecule has 0 aromatic heterocycles. The highest BCUT2D eigenvalue weighted by atomic mass is 35.5. The summed E-state index contributed by atoms with van der Waals surface area (Å²) in [4.78, 5) is 26.5. The van der Waals surface area contributed by atoms with Gasteiger partial charge in [0.1, 0.15) is 6.10 Å². The highest BCUT2D eigenvalue weighted by Gasteiger charge is 2.39. The maximum absolute atomic E-state index is 12.1. The Morgan fingerprint density at radius 2 is 1.56 bits per heavy atom. The van der Waals surface area contributed by atoms with Crippen molar-refractivity contribution < 1.29 is 44.6 Å². The van der Waals surface area contributed by atoms with Gasteiger partial charge in [0, 0.05) is 28.0 Å². The Kier molecular flexibility index (Phi) is 17.9. The van der Waals surface area contributed by atoms with Gasteiger partial charge in [-0.1, -0.05) is 98.7 Å². The molecule has 0 saturated heterocycles. The number of hydrogen-bond acceptors (Lipinski definition) is 8. The van der Waals surface area contributed by atoms with Crippen LogP contribution in [0.25, 0.3) is 0 Å². The van der Waals surface area contributed by atoms with E-state index in [9.17, 15) is 39.6 Å². The van der Waals surface area contributed by atoms with E-state index in [1.165, 1.54) is 18.2 Å². The third kappa shape index (κ3) is 14.9. The van der Waals surface area contributed by atoms with Crippen LogP contribution < -0.4 is 5.32 Å². The van der Waals surface area contributed by atoms with Gasteiger partial charge in [0.25, 0.3) is 0 Å². The van der Waals surface area contributed by atoms with Gasteiger partial charge in [-0.25, -0.2) is 4.79 Å². The largest absolute Gasteiger partial charge is 0.391 e. The van der Waals surface area contributed by atoms with Crippen LogP contribution in [-0.4, -0.2) is 74.0 Å². The van der Waals surface area contributed by atoms with E-state index in [1.54, 1.807) is 55.5 Å². The Morgan fingerprint density at radius 3 is 2.21 bits per heavy atom. The van der Waals surface area contributed by atoms with Crippen molar-refractivity contribution in [1.29, 1.82) is 0 Å². The second-order valence-electron chi connectivity index (χ2n) is 11.0. The van der Waals surface area contributed by atoms with Gasteiger partial charge in [0.2, 0.25) is 5.91 Å². The average molecular weight is 626 g/mol. The van der Waals surface area contributed by atoms with Gasteiger partial charge in [0.05, 0.1) is 36.4 Å². The number of carbonyl (C=O) groups is 2. The van der Waals surface area contributed by atoms with Crippen molar-refractivity contribution in [3.63, 3.8) is 0 Å². The van der Waals surface area contributed by atoms with Gasteiger partial charge < -0.3 is 30.8 Å². The van der Waals surface area contributed by atoms with Gasteiger partial charge >= 0.3 is 5.97 Å². The molecule has 0 spiro atoms. The maximum atomic E-state index is 12.1. The molecule has 9 nitrogen and oxygen atoms in total. The second kappa shape index (κ2) is 20.2. The fraction of sp³-hybridized carbons (Fsp3) is 0.500. The number of amides is 1. The Labute approximate surface area is 258 Å². The molecule has 6 N–H and O–H groups in total. The van der Waals surface area contributed by atoms with Crippen LogP contribution in [0.5, 0.6) is 0 Å². The zero-order chi connectivity index (χ0) is 32.5. The van der Waals surface area contributed by atoms with Gasteiger partial charge in [-0.2, -0.15) is 0 Å². The van der Waals surface area contributed by atoms with Crippen LogP contribution in [0.4, 0.5) is 4.53 Å². The number of allylic oxidation sites excluding steroid dienone is 11. The summed E-state index contributed by atoms with van der Waals surface area (Å²) < 4.78 is 12.1. The summed E-state index contributed by atoms with van der Waals surface area (Å²) in [7, 11) is 0. The first-order chi connectivity index (χ1) is 20.3. The molecule has 0 bridgehead atoms. The van der Waals surface area contributed by atoms with Crippen molar-refractivity contribution in [3.8, 4) is 0 Å². The normalized spacial score (nSPS) is 24.0. The van der Waals surface area contributed by atoms with Crippen LogP contribution in [0.1, 0.15) is 47.0 Å². The molecule has 0 radical (unpaired) electrons. The van der Waals surface area contributed by atoms with Crippen LogP contribution in [0.3, 0.4) is 0 Å². The van der Waals surface area contributed by atoms with E-state index < -0.39 is 60.3 Å². The molecule has 1 amide bonds. The fourth-order valence-electron chi connectivity index (χ4n) is 4.20. The molecule has 11 heteroatoms. The third-order valence-electron chi connectivity index (χ3n) is 6.82. The van der Waals surface area contributed by atoms with Crippen LogP contribution in [0.2, 0.25) is 0 Å². The van der Waals surface area contributed by atoms with E-state index in [0.29, 0.717) is 5.92 Å². The summed E-state index contributed by atoms with van der Waals surface area (Å²) in [5.41, 5.74) is 0.837. The molecule has 240 valence electrons. The first-order valence-electron chi connectivity index (χ1n) is 14.2. The Hall–Kier alpha value is -2.86. The molecule has 1 saturated carbocycles. The Balaban J connectivity index is 2.55. The monoisotopic (exact) mass is 625 g/mol. The molecular weight excluding hydrogens is 581 g/mol. The van der Waals surface area contributed by atoms with Crippen molar-refractivity contribution in [3.05, 3.63) is 83.5 Å². The predicted octanol–water partition coefficient (Wildman–Crippen LogP) is 3.65. The Bertz CT molecular complexity index is 1100. The molecule has 0 aromatic rings. The second-order valence-corrected chi connectivity index (χ2v) is 11.4. The maximum Gasteiger partial charge on any atom is 0.352 e. The van der Waals surface area contributed by atoms with Crippen LogP contribution in [0.15, 0.2) is 83.5 Å². The number of aliphatic hydroxyl groups is 5. The molecule has 1 fully saturated rings. The summed E-state index contributed by atoms with van der Waals surface area (Å²) >= 11 is 6.29. The summed E-state index contributed by atoms with van der Waals surface area (Å²) in [5.74, 6) is -2.66. The first kappa shape index (κ1) is 38.2. The van der Waals surface area contributed by atoms with Crippen LogP contribution >= 0.6 is 11.6 Å². The molecule has 1 rings (SSSR count).